The lowest BCUT2D eigenvalue weighted by molar-refractivity contribution is -0.117. The van der Waals surface area contributed by atoms with E-state index in [4.69, 9.17) is 5.73 Å². The van der Waals surface area contributed by atoms with Crippen LogP contribution in [0.3, 0.4) is 0 Å². The monoisotopic (exact) mass is 293 g/mol. The van der Waals surface area contributed by atoms with E-state index >= 15 is 0 Å². The summed E-state index contributed by atoms with van der Waals surface area (Å²) in [6.07, 6.45) is 2.16. The van der Waals surface area contributed by atoms with Gasteiger partial charge in [-0.1, -0.05) is 0 Å². The van der Waals surface area contributed by atoms with E-state index < -0.39 is 0 Å². The fourth-order valence-corrected chi connectivity index (χ4v) is 2.97. The molecule has 0 aliphatic carbocycles. The molecule has 1 aliphatic heterocycles. The molecule has 21 heavy (non-hydrogen) atoms. The molecule has 1 unspecified atom stereocenters. The summed E-state index contributed by atoms with van der Waals surface area (Å²) in [5.74, 6) is 0.626. The maximum atomic E-state index is 12.2. The van der Waals surface area contributed by atoms with Gasteiger partial charge < -0.3 is 11.1 Å². The van der Waals surface area contributed by atoms with Gasteiger partial charge in [0.1, 0.15) is 0 Å². The van der Waals surface area contributed by atoms with Crippen molar-refractivity contribution < 1.29 is 4.79 Å². The average molecular weight is 293 g/mol. The second kappa shape index (κ2) is 6.58. The fourth-order valence-electron chi connectivity index (χ4n) is 2.97. The molecule has 6 nitrogen and oxygen atoms in total. The summed E-state index contributed by atoms with van der Waals surface area (Å²) in [5.41, 5.74) is 8.63. The maximum Gasteiger partial charge on any atom is 0.238 e. The number of carbonyl (C=O) groups excluding carboxylic acids is 1. The molecular weight excluding hydrogens is 266 g/mol. The van der Waals surface area contributed by atoms with Crippen LogP contribution in [-0.2, 0) is 11.8 Å². The number of nitrogens with two attached hydrogens (primary N) is 1. The summed E-state index contributed by atoms with van der Waals surface area (Å²) < 4.78 is 1.79. The predicted molar refractivity (Wildman–Crippen MR) is 84.1 cm³/mol. The number of nitrogens with one attached hydrogen (secondary N) is 1. The molecule has 1 aromatic heterocycles. The van der Waals surface area contributed by atoms with Gasteiger partial charge in [-0.25, -0.2) is 0 Å². The second-order valence-corrected chi connectivity index (χ2v) is 6.19. The van der Waals surface area contributed by atoms with Crippen molar-refractivity contribution >= 4 is 11.6 Å². The Balaban J connectivity index is 1.86. The number of aromatic nitrogens is 2. The quantitative estimate of drug-likeness (QED) is 0.869. The second-order valence-electron chi connectivity index (χ2n) is 6.19. The van der Waals surface area contributed by atoms with Crippen LogP contribution in [-0.4, -0.2) is 46.3 Å². The molecule has 1 saturated heterocycles. The molecule has 1 atom stereocenters. The number of anilines is 1. The topological polar surface area (TPSA) is 76.2 Å². The smallest absolute Gasteiger partial charge is 0.238 e. The Hall–Kier alpha value is -1.40. The van der Waals surface area contributed by atoms with Crippen LogP contribution in [0, 0.1) is 19.8 Å². The first-order chi connectivity index (χ1) is 9.88. The molecule has 1 amide bonds. The molecule has 0 spiro atoms. The first-order valence-corrected chi connectivity index (χ1v) is 7.66. The molecule has 1 aliphatic rings. The molecule has 3 N–H and O–H groups in total. The van der Waals surface area contributed by atoms with Gasteiger partial charge in [0.05, 0.1) is 23.6 Å². The maximum absolute atomic E-state index is 12.2. The summed E-state index contributed by atoms with van der Waals surface area (Å²) in [6.45, 7) is 8.29. The molecule has 2 rings (SSSR count). The predicted octanol–water partition coefficient (Wildman–Crippen LogP) is 1.03. The van der Waals surface area contributed by atoms with E-state index in [9.17, 15) is 4.79 Å². The Morgan fingerprint density at radius 2 is 2.05 bits per heavy atom. The SMILES string of the molecule is Cc1nn(C)c(C)c1NC(=O)CN1CCC(C(C)N)CC1. The van der Waals surface area contributed by atoms with Gasteiger partial charge >= 0.3 is 0 Å². The van der Waals surface area contributed by atoms with Gasteiger partial charge in [0.25, 0.3) is 0 Å². The van der Waals surface area contributed by atoms with Crippen LogP contribution in [0.4, 0.5) is 5.69 Å². The molecule has 1 aromatic rings. The third-order valence-electron chi connectivity index (χ3n) is 4.52. The van der Waals surface area contributed by atoms with Crippen molar-refractivity contribution in [2.75, 3.05) is 25.0 Å². The molecule has 118 valence electrons. The Morgan fingerprint density at radius 1 is 1.43 bits per heavy atom. The largest absolute Gasteiger partial charge is 0.328 e. The van der Waals surface area contributed by atoms with Crippen molar-refractivity contribution in [3.63, 3.8) is 0 Å². The van der Waals surface area contributed by atoms with Crippen LogP contribution in [0.15, 0.2) is 0 Å². The van der Waals surface area contributed by atoms with Crippen LogP contribution in [0.5, 0.6) is 0 Å². The van der Waals surface area contributed by atoms with Gasteiger partial charge in [-0.3, -0.25) is 14.4 Å². The van der Waals surface area contributed by atoms with E-state index in [0.29, 0.717) is 12.5 Å². The van der Waals surface area contributed by atoms with Crippen molar-refractivity contribution in [3.05, 3.63) is 11.4 Å². The van der Waals surface area contributed by atoms with Gasteiger partial charge in [0, 0.05) is 13.1 Å². The Morgan fingerprint density at radius 3 is 2.52 bits per heavy atom. The van der Waals surface area contributed by atoms with E-state index in [2.05, 4.69) is 22.2 Å². The molecule has 6 heteroatoms. The normalized spacial score (nSPS) is 18.7. The number of hydrogen-bond acceptors (Lipinski definition) is 4. The minimum Gasteiger partial charge on any atom is -0.328 e. The van der Waals surface area contributed by atoms with Crippen LogP contribution in [0.2, 0.25) is 0 Å². The molecule has 0 radical (unpaired) electrons. The van der Waals surface area contributed by atoms with Crippen molar-refractivity contribution in [2.45, 2.75) is 39.7 Å². The van der Waals surface area contributed by atoms with Crippen LogP contribution in [0.1, 0.15) is 31.2 Å². The lowest BCUT2D eigenvalue weighted by atomic mass is 9.91. The van der Waals surface area contributed by atoms with Gasteiger partial charge in [0.2, 0.25) is 5.91 Å². The number of rotatable bonds is 4. The van der Waals surface area contributed by atoms with Gasteiger partial charge in [0.15, 0.2) is 0 Å². The first-order valence-electron chi connectivity index (χ1n) is 7.66. The van der Waals surface area contributed by atoms with E-state index in [1.165, 1.54) is 0 Å². The first kappa shape index (κ1) is 16.0. The summed E-state index contributed by atoms with van der Waals surface area (Å²) >= 11 is 0. The van der Waals surface area contributed by atoms with Gasteiger partial charge in [-0.2, -0.15) is 5.10 Å². The summed E-state index contributed by atoms with van der Waals surface area (Å²) in [4.78, 5) is 14.4. The summed E-state index contributed by atoms with van der Waals surface area (Å²) in [5, 5.41) is 7.31. The zero-order chi connectivity index (χ0) is 15.6. The van der Waals surface area contributed by atoms with E-state index in [0.717, 1.165) is 43.0 Å². The Labute approximate surface area is 126 Å². The number of aryl methyl sites for hydroxylation is 2. The van der Waals surface area contributed by atoms with Crippen molar-refractivity contribution in [2.24, 2.45) is 18.7 Å². The van der Waals surface area contributed by atoms with Crippen LogP contribution in [0.25, 0.3) is 0 Å². The Bertz CT molecular complexity index is 500. The van der Waals surface area contributed by atoms with Gasteiger partial charge in [-0.05, 0) is 52.6 Å². The van der Waals surface area contributed by atoms with E-state index in [1.54, 1.807) is 4.68 Å². The number of likely N-dealkylation sites (tertiary alicyclic amines) is 1. The summed E-state index contributed by atoms with van der Waals surface area (Å²) in [7, 11) is 1.89. The highest BCUT2D eigenvalue weighted by atomic mass is 16.2. The van der Waals surface area contributed by atoms with Crippen molar-refractivity contribution in [1.82, 2.24) is 14.7 Å². The zero-order valence-electron chi connectivity index (χ0n) is 13.5. The van der Waals surface area contributed by atoms with Crippen molar-refractivity contribution in [3.8, 4) is 0 Å². The number of hydrogen-bond donors (Lipinski definition) is 2. The lowest BCUT2D eigenvalue weighted by Gasteiger charge is -2.33. The van der Waals surface area contributed by atoms with E-state index in [1.807, 2.05) is 20.9 Å². The van der Waals surface area contributed by atoms with Crippen LogP contribution >= 0.6 is 0 Å². The Kier molecular flexibility index (Phi) is 5.00. The van der Waals surface area contributed by atoms with E-state index in [-0.39, 0.29) is 11.9 Å². The van der Waals surface area contributed by atoms with Gasteiger partial charge in [-0.15, -0.1) is 0 Å². The standard InChI is InChI=1S/C15H27N5O/c1-10(16)13-5-7-20(8-6-13)9-14(21)17-15-11(2)18-19(4)12(15)3/h10,13H,5-9,16H2,1-4H3,(H,17,21). The number of nitrogens with zero attached hydrogens (tertiary/aromatic N) is 3. The molecular formula is C15H27N5O. The average Bonchev–Trinajstić information content (AvgIpc) is 2.66. The minimum atomic E-state index is 0.0356. The van der Waals surface area contributed by atoms with Crippen molar-refractivity contribution in [1.29, 1.82) is 0 Å². The number of carbonyl (C=O) groups is 1. The number of amides is 1. The fraction of sp³-hybridized carbons (Fsp3) is 0.733. The lowest BCUT2D eigenvalue weighted by Crippen LogP contribution is -2.42. The molecule has 0 bridgehead atoms. The zero-order valence-corrected chi connectivity index (χ0v) is 13.5. The third-order valence-corrected chi connectivity index (χ3v) is 4.52. The molecule has 2 heterocycles. The molecule has 1 fully saturated rings. The third kappa shape index (κ3) is 3.83. The summed E-state index contributed by atoms with van der Waals surface area (Å²) in [6, 6.07) is 0.252. The highest BCUT2D eigenvalue weighted by molar-refractivity contribution is 5.93. The highest BCUT2D eigenvalue weighted by Gasteiger charge is 2.23. The number of piperidine rings is 1. The minimum absolute atomic E-state index is 0.0356. The molecule has 0 aromatic carbocycles. The molecule has 0 saturated carbocycles. The highest BCUT2D eigenvalue weighted by Crippen LogP contribution is 2.20. The van der Waals surface area contributed by atoms with Crippen LogP contribution < -0.4 is 11.1 Å².